The van der Waals surface area contributed by atoms with Gasteiger partial charge in [0.15, 0.2) is 5.95 Å². The number of rotatable bonds is 7. The molecule has 0 unspecified atom stereocenters. The lowest BCUT2D eigenvalue weighted by molar-refractivity contribution is -0.116. The van der Waals surface area contributed by atoms with E-state index in [-0.39, 0.29) is 5.91 Å². The summed E-state index contributed by atoms with van der Waals surface area (Å²) in [7, 11) is 0. The van der Waals surface area contributed by atoms with Crippen molar-refractivity contribution < 1.29 is 4.79 Å². The highest BCUT2D eigenvalue weighted by atomic mass is 79.9. The Labute approximate surface area is 132 Å². The van der Waals surface area contributed by atoms with Gasteiger partial charge in [-0.25, -0.2) is 4.98 Å². The summed E-state index contributed by atoms with van der Waals surface area (Å²) in [6, 6.07) is 7.62. The number of carbonyl (C=O) groups is 1. The summed E-state index contributed by atoms with van der Waals surface area (Å²) in [5, 5.41) is 3.91. The van der Waals surface area contributed by atoms with Crippen molar-refractivity contribution in [2.45, 2.75) is 25.7 Å². The molecule has 21 heavy (non-hydrogen) atoms. The first kappa shape index (κ1) is 15.6. The molecule has 0 spiro atoms. The van der Waals surface area contributed by atoms with Crippen LogP contribution in [-0.2, 0) is 4.79 Å². The van der Waals surface area contributed by atoms with Crippen molar-refractivity contribution in [1.29, 1.82) is 0 Å². The molecule has 0 bridgehead atoms. The van der Waals surface area contributed by atoms with Crippen LogP contribution in [0.4, 0.5) is 11.6 Å². The molecular weight excluding hydrogens is 332 g/mol. The van der Waals surface area contributed by atoms with Gasteiger partial charge in [-0.1, -0.05) is 34.5 Å². The van der Waals surface area contributed by atoms with E-state index in [9.17, 15) is 4.79 Å². The van der Waals surface area contributed by atoms with E-state index in [0.717, 1.165) is 41.5 Å². The fraction of sp³-hybridized carbons (Fsp3) is 0.333. The van der Waals surface area contributed by atoms with Crippen LogP contribution in [0.25, 0.3) is 11.3 Å². The van der Waals surface area contributed by atoms with E-state index >= 15 is 0 Å². The minimum atomic E-state index is 0.0471. The average molecular weight is 351 g/mol. The number of carbonyl (C=O) groups excluding carboxylic acids is 1. The fourth-order valence-corrected chi connectivity index (χ4v) is 2.42. The summed E-state index contributed by atoms with van der Waals surface area (Å²) in [6.07, 6.45) is 5.30. The summed E-state index contributed by atoms with van der Waals surface area (Å²) in [4.78, 5) is 18.8. The van der Waals surface area contributed by atoms with Crippen LogP contribution < -0.4 is 11.1 Å². The first-order valence-corrected chi connectivity index (χ1v) is 8.08. The smallest absolute Gasteiger partial charge is 0.224 e. The number of nitrogens with zero attached hydrogens (tertiary/aromatic N) is 1. The second kappa shape index (κ2) is 7.83. The zero-order valence-electron chi connectivity index (χ0n) is 11.7. The molecule has 1 amide bonds. The summed E-state index contributed by atoms with van der Waals surface area (Å²) in [5.41, 5.74) is 8.13. The van der Waals surface area contributed by atoms with Gasteiger partial charge in [0.25, 0.3) is 0 Å². The number of H-pyrrole nitrogens is 1. The van der Waals surface area contributed by atoms with Gasteiger partial charge in [0.05, 0.1) is 11.9 Å². The molecule has 2 aromatic rings. The highest BCUT2D eigenvalue weighted by molar-refractivity contribution is 9.09. The number of nitrogens with one attached hydrogen (secondary N) is 2. The lowest BCUT2D eigenvalue weighted by atomic mass is 10.1. The zero-order chi connectivity index (χ0) is 15.1. The van der Waals surface area contributed by atoms with Crippen molar-refractivity contribution in [2.75, 3.05) is 16.4 Å². The van der Waals surface area contributed by atoms with Gasteiger partial charge >= 0.3 is 0 Å². The molecule has 1 heterocycles. The van der Waals surface area contributed by atoms with Crippen LogP contribution in [0.2, 0.25) is 0 Å². The van der Waals surface area contributed by atoms with Crippen molar-refractivity contribution in [3.8, 4) is 11.3 Å². The quantitative estimate of drug-likeness (QED) is 0.527. The minimum absolute atomic E-state index is 0.0471. The van der Waals surface area contributed by atoms with Gasteiger partial charge in [0.1, 0.15) is 0 Å². The number of nitrogen functional groups attached to an aromatic ring is 1. The van der Waals surface area contributed by atoms with Crippen LogP contribution in [0, 0.1) is 0 Å². The molecule has 112 valence electrons. The van der Waals surface area contributed by atoms with Crippen LogP contribution in [0.5, 0.6) is 0 Å². The Bertz CT molecular complexity index is 597. The molecule has 0 fully saturated rings. The summed E-state index contributed by atoms with van der Waals surface area (Å²) in [5.74, 6) is 0.428. The van der Waals surface area contributed by atoms with Gasteiger partial charge in [0, 0.05) is 23.0 Å². The molecule has 0 radical (unpaired) electrons. The number of aromatic amines is 1. The summed E-state index contributed by atoms with van der Waals surface area (Å²) < 4.78 is 0. The number of alkyl halides is 1. The van der Waals surface area contributed by atoms with Crippen LogP contribution >= 0.6 is 15.9 Å². The molecule has 0 aliphatic carbocycles. The fourth-order valence-electron chi connectivity index (χ4n) is 2.03. The first-order valence-electron chi connectivity index (χ1n) is 6.96. The monoisotopic (exact) mass is 350 g/mol. The number of imidazole rings is 1. The lowest BCUT2D eigenvalue weighted by Crippen LogP contribution is -2.11. The summed E-state index contributed by atoms with van der Waals surface area (Å²) in [6.45, 7) is 0. The molecule has 1 aromatic heterocycles. The van der Waals surface area contributed by atoms with Crippen molar-refractivity contribution in [1.82, 2.24) is 9.97 Å². The summed E-state index contributed by atoms with van der Waals surface area (Å²) >= 11 is 3.38. The number of unbranched alkanes of at least 4 members (excludes halogenated alkanes) is 2. The Morgan fingerprint density at radius 3 is 2.90 bits per heavy atom. The van der Waals surface area contributed by atoms with Gasteiger partial charge in [-0.15, -0.1) is 0 Å². The minimum Gasteiger partial charge on any atom is -0.369 e. The van der Waals surface area contributed by atoms with Crippen LogP contribution in [0.3, 0.4) is 0 Å². The zero-order valence-corrected chi connectivity index (χ0v) is 13.3. The average Bonchev–Trinajstić information content (AvgIpc) is 2.91. The molecule has 1 aromatic carbocycles. The second-order valence-electron chi connectivity index (χ2n) is 4.81. The number of anilines is 2. The molecule has 0 saturated heterocycles. The van der Waals surface area contributed by atoms with Gasteiger partial charge in [-0.05, 0) is 25.0 Å². The van der Waals surface area contributed by atoms with Gasteiger partial charge < -0.3 is 16.0 Å². The lowest BCUT2D eigenvalue weighted by Gasteiger charge is -2.06. The Morgan fingerprint density at radius 2 is 2.19 bits per heavy atom. The first-order chi connectivity index (χ1) is 10.2. The van der Waals surface area contributed by atoms with Crippen molar-refractivity contribution in [2.24, 2.45) is 0 Å². The van der Waals surface area contributed by atoms with E-state index in [0.29, 0.717) is 12.4 Å². The number of amides is 1. The molecule has 0 atom stereocenters. The van der Waals surface area contributed by atoms with Crippen molar-refractivity contribution >= 4 is 33.5 Å². The molecule has 0 aliphatic rings. The maximum atomic E-state index is 11.9. The van der Waals surface area contributed by atoms with Gasteiger partial charge in [-0.3, -0.25) is 4.79 Å². The molecule has 6 heteroatoms. The third-order valence-corrected chi connectivity index (χ3v) is 3.65. The molecule has 2 rings (SSSR count). The number of benzene rings is 1. The predicted molar refractivity (Wildman–Crippen MR) is 89.3 cm³/mol. The topological polar surface area (TPSA) is 83.8 Å². The highest BCUT2D eigenvalue weighted by Gasteiger charge is 2.05. The molecular formula is C15H19BrN4O. The van der Waals surface area contributed by atoms with Gasteiger partial charge in [-0.2, -0.15) is 0 Å². The second-order valence-corrected chi connectivity index (χ2v) is 5.60. The largest absolute Gasteiger partial charge is 0.369 e. The molecule has 0 saturated carbocycles. The Kier molecular flexibility index (Phi) is 5.80. The van der Waals surface area contributed by atoms with E-state index in [2.05, 4.69) is 31.2 Å². The maximum absolute atomic E-state index is 11.9. The number of hydrogen-bond acceptors (Lipinski definition) is 3. The Hall–Kier alpha value is -1.82. The number of nitrogens with two attached hydrogens (primary N) is 1. The standard InChI is InChI=1S/C15H19BrN4O/c16-8-3-1-2-7-14(21)19-12-6-4-5-11(9-12)13-10-18-15(17)20-13/h4-6,9-10H,1-3,7-8H2,(H,19,21)(H3,17,18,20). The van der Waals surface area contributed by atoms with E-state index < -0.39 is 0 Å². The highest BCUT2D eigenvalue weighted by Crippen LogP contribution is 2.21. The van der Waals surface area contributed by atoms with E-state index in [4.69, 9.17) is 5.73 Å². The van der Waals surface area contributed by atoms with Crippen molar-refractivity contribution in [3.63, 3.8) is 0 Å². The van der Waals surface area contributed by atoms with Gasteiger partial charge in [0.2, 0.25) is 5.91 Å². The van der Waals surface area contributed by atoms with Crippen LogP contribution in [0.15, 0.2) is 30.5 Å². The predicted octanol–water partition coefficient (Wildman–Crippen LogP) is 3.55. The third-order valence-electron chi connectivity index (χ3n) is 3.09. The molecule has 4 N–H and O–H groups in total. The maximum Gasteiger partial charge on any atom is 0.224 e. The number of halogens is 1. The number of hydrogen-bond donors (Lipinski definition) is 3. The molecule has 0 aliphatic heterocycles. The van der Waals surface area contributed by atoms with Crippen molar-refractivity contribution in [3.05, 3.63) is 30.5 Å². The Morgan fingerprint density at radius 1 is 1.33 bits per heavy atom. The Balaban J connectivity index is 1.93. The van der Waals surface area contributed by atoms with Crippen LogP contribution in [0.1, 0.15) is 25.7 Å². The molecule has 5 nitrogen and oxygen atoms in total. The van der Waals surface area contributed by atoms with E-state index in [1.54, 1.807) is 6.20 Å². The third kappa shape index (κ3) is 4.90. The SMILES string of the molecule is Nc1ncc(-c2cccc(NC(=O)CCCCCBr)c2)[nH]1. The number of aromatic nitrogens is 2. The van der Waals surface area contributed by atoms with E-state index in [1.807, 2.05) is 24.3 Å². The van der Waals surface area contributed by atoms with E-state index in [1.165, 1.54) is 0 Å². The normalized spacial score (nSPS) is 10.5. The van der Waals surface area contributed by atoms with Crippen LogP contribution in [-0.4, -0.2) is 21.2 Å².